The Morgan fingerprint density at radius 2 is 1.95 bits per heavy atom. The number of aromatic nitrogens is 2. The van der Waals surface area contributed by atoms with E-state index in [1.54, 1.807) is 0 Å². The van der Waals surface area contributed by atoms with Crippen LogP contribution in [-0.2, 0) is 22.5 Å². The summed E-state index contributed by atoms with van der Waals surface area (Å²) in [5, 5.41) is 4.05. The first kappa shape index (κ1) is 14.6. The highest BCUT2D eigenvalue weighted by Crippen LogP contribution is 2.14. The minimum Gasteiger partial charge on any atom is -0.469 e. The van der Waals surface area contributed by atoms with Crippen LogP contribution in [0.25, 0.3) is 0 Å². The van der Waals surface area contributed by atoms with Gasteiger partial charge in [0.15, 0.2) is 5.69 Å². The lowest BCUT2D eigenvalue weighted by Crippen LogP contribution is -2.14. The minimum absolute atomic E-state index is 0.0421. The summed E-state index contributed by atoms with van der Waals surface area (Å²) in [6, 6.07) is 7.42. The molecule has 110 valence electrons. The molecule has 2 rings (SSSR count). The smallest absolute Gasteiger partial charge is 0.309 e. The molecule has 0 spiro atoms. The average molecular weight is 288 g/mol. The molecule has 4 N–H and O–H groups in total. The van der Waals surface area contributed by atoms with Crippen LogP contribution in [0.1, 0.15) is 21.6 Å². The van der Waals surface area contributed by atoms with Crippen molar-refractivity contribution >= 4 is 17.6 Å². The van der Waals surface area contributed by atoms with Gasteiger partial charge in [0.2, 0.25) is 0 Å². The summed E-state index contributed by atoms with van der Waals surface area (Å²) in [5.74, 6) is -0.991. The third kappa shape index (κ3) is 3.38. The second kappa shape index (κ2) is 6.08. The molecular weight excluding hydrogens is 272 g/mol. The van der Waals surface area contributed by atoms with Gasteiger partial charge in [0.05, 0.1) is 25.8 Å². The van der Waals surface area contributed by atoms with E-state index in [4.69, 9.17) is 11.5 Å². The second-order valence-electron chi connectivity index (χ2n) is 4.52. The van der Waals surface area contributed by atoms with E-state index in [0.717, 1.165) is 11.1 Å². The van der Waals surface area contributed by atoms with Gasteiger partial charge < -0.3 is 16.2 Å². The number of nitrogen functional groups attached to an aromatic ring is 1. The highest BCUT2D eigenvalue weighted by atomic mass is 16.5. The van der Waals surface area contributed by atoms with Crippen molar-refractivity contribution in [3.8, 4) is 0 Å². The topological polar surface area (TPSA) is 113 Å². The quantitative estimate of drug-likeness (QED) is 0.770. The van der Waals surface area contributed by atoms with Crippen molar-refractivity contribution in [2.45, 2.75) is 13.0 Å². The Morgan fingerprint density at radius 1 is 1.29 bits per heavy atom. The van der Waals surface area contributed by atoms with Crippen LogP contribution in [0.15, 0.2) is 30.5 Å². The molecule has 0 bridgehead atoms. The van der Waals surface area contributed by atoms with E-state index >= 15 is 0 Å². The van der Waals surface area contributed by atoms with Crippen molar-refractivity contribution in [3.63, 3.8) is 0 Å². The zero-order valence-corrected chi connectivity index (χ0v) is 11.6. The third-order valence-electron chi connectivity index (χ3n) is 3.04. The molecule has 1 aromatic carbocycles. The van der Waals surface area contributed by atoms with Crippen LogP contribution < -0.4 is 11.5 Å². The van der Waals surface area contributed by atoms with Gasteiger partial charge in [-0.25, -0.2) is 0 Å². The summed E-state index contributed by atoms with van der Waals surface area (Å²) >= 11 is 0. The lowest BCUT2D eigenvalue weighted by molar-refractivity contribution is -0.139. The predicted octanol–water partition coefficient (Wildman–Crippen LogP) is 0.328. The van der Waals surface area contributed by atoms with Gasteiger partial charge in [0.25, 0.3) is 5.91 Å². The summed E-state index contributed by atoms with van der Waals surface area (Å²) in [4.78, 5) is 22.6. The maximum Gasteiger partial charge on any atom is 0.309 e. The Labute approximate surface area is 121 Å². The van der Waals surface area contributed by atoms with Crippen LogP contribution in [-0.4, -0.2) is 28.8 Å². The van der Waals surface area contributed by atoms with E-state index in [1.807, 2.05) is 24.3 Å². The predicted molar refractivity (Wildman–Crippen MR) is 76.4 cm³/mol. The molecule has 0 unspecified atom stereocenters. The van der Waals surface area contributed by atoms with Gasteiger partial charge in [-0.3, -0.25) is 14.3 Å². The fourth-order valence-corrected chi connectivity index (χ4v) is 2.00. The number of rotatable bonds is 5. The molecule has 7 nitrogen and oxygen atoms in total. The molecule has 1 heterocycles. The van der Waals surface area contributed by atoms with Gasteiger partial charge in [-0.1, -0.05) is 24.3 Å². The molecule has 0 saturated carbocycles. The lowest BCUT2D eigenvalue weighted by atomic mass is 10.0. The van der Waals surface area contributed by atoms with Gasteiger partial charge >= 0.3 is 5.97 Å². The molecule has 2 aromatic rings. The minimum atomic E-state index is -0.672. The maximum atomic E-state index is 11.4. The first-order valence-corrected chi connectivity index (χ1v) is 6.27. The third-order valence-corrected chi connectivity index (χ3v) is 3.04. The van der Waals surface area contributed by atoms with Crippen molar-refractivity contribution in [2.24, 2.45) is 5.73 Å². The number of methoxy groups -OCH3 is 1. The van der Waals surface area contributed by atoms with Crippen molar-refractivity contribution in [1.29, 1.82) is 0 Å². The van der Waals surface area contributed by atoms with Gasteiger partial charge in [0.1, 0.15) is 0 Å². The Balaban J connectivity index is 2.25. The van der Waals surface area contributed by atoms with E-state index in [-0.39, 0.29) is 23.8 Å². The molecule has 0 fully saturated rings. The lowest BCUT2D eigenvalue weighted by Gasteiger charge is -2.08. The van der Waals surface area contributed by atoms with Crippen molar-refractivity contribution in [3.05, 3.63) is 47.3 Å². The molecule has 0 radical (unpaired) electrons. The highest BCUT2D eigenvalue weighted by Gasteiger charge is 2.13. The number of nitrogens with two attached hydrogens (primary N) is 2. The van der Waals surface area contributed by atoms with E-state index < -0.39 is 5.91 Å². The standard InChI is InChI=1S/C14H16N4O3/c1-21-12(19)6-9-4-2-3-5-10(9)7-18-8-11(15)13(17-18)14(16)20/h2-5,8H,6-7,15H2,1H3,(H2,16,20). The maximum absolute atomic E-state index is 11.4. The number of carbonyl (C=O) groups is 2. The number of anilines is 1. The molecule has 0 atom stereocenters. The van der Waals surface area contributed by atoms with Gasteiger partial charge in [0, 0.05) is 6.20 Å². The number of ether oxygens (including phenoxy) is 1. The Hall–Kier alpha value is -2.83. The SMILES string of the molecule is COC(=O)Cc1ccccc1Cn1cc(N)c(C(N)=O)n1. The number of hydrogen-bond donors (Lipinski definition) is 2. The van der Waals surface area contributed by atoms with Crippen LogP contribution >= 0.6 is 0 Å². The molecular formula is C14H16N4O3. The van der Waals surface area contributed by atoms with E-state index in [2.05, 4.69) is 9.84 Å². The van der Waals surface area contributed by atoms with Crippen molar-refractivity contribution in [1.82, 2.24) is 9.78 Å². The Morgan fingerprint density at radius 3 is 2.52 bits per heavy atom. The summed E-state index contributed by atoms with van der Waals surface area (Å²) in [5.41, 5.74) is 12.9. The fourth-order valence-electron chi connectivity index (χ4n) is 2.00. The number of amides is 1. The zero-order valence-electron chi connectivity index (χ0n) is 11.6. The van der Waals surface area contributed by atoms with E-state index in [9.17, 15) is 9.59 Å². The van der Waals surface area contributed by atoms with E-state index in [0.29, 0.717) is 6.54 Å². The molecule has 7 heteroatoms. The Kier molecular flexibility index (Phi) is 4.22. The summed E-state index contributed by atoms with van der Waals surface area (Å²) < 4.78 is 6.19. The number of primary amides is 1. The number of benzene rings is 1. The highest BCUT2D eigenvalue weighted by molar-refractivity contribution is 5.95. The molecule has 0 saturated heterocycles. The van der Waals surface area contributed by atoms with Crippen LogP contribution in [0.4, 0.5) is 5.69 Å². The van der Waals surface area contributed by atoms with Crippen LogP contribution in [0.2, 0.25) is 0 Å². The first-order valence-electron chi connectivity index (χ1n) is 6.27. The fraction of sp³-hybridized carbons (Fsp3) is 0.214. The number of hydrogen-bond acceptors (Lipinski definition) is 5. The molecule has 21 heavy (non-hydrogen) atoms. The van der Waals surface area contributed by atoms with Crippen molar-refractivity contribution in [2.75, 3.05) is 12.8 Å². The van der Waals surface area contributed by atoms with Gasteiger partial charge in [-0.15, -0.1) is 0 Å². The van der Waals surface area contributed by atoms with Gasteiger partial charge in [-0.2, -0.15) is 5.10 Å². The number of nitrogens with zero attached hydrogens (tertiary/aromatic N) is 2. The number of carbonyl (C=O) groups excluding carboxylic acids is 2. The Bertz CT molecular complexity index is 679. The summed E-state index contributed by atoms with van der Waals surface area (Å²) in [6.07, 6.45) is 1.71. The number of esters is 1. The first-order chi connectivity index (χ1) is 10.0. The second-order valence-corrected chi connectivity index (χ2v) is 4.52. The molecule has 0 aliphatic rings. The molecule has 1 amide bonds. The molecule has 0 aliphatic heterocycles. The molecule has 1 aromatic heterocycles. The van der Waals surface area contributed by atoms with E-state index in [1.165, 1.54) is 18.0 Å². The van der Waals surface area contributed by atoms with Crippen molar-refractivity contribution < 1.29 is 14.3 Å². The van der Waals surface area contributed by atoms with Gasteiger partial charge in [-0.05, 0) is 11.1 Å². The summed E-state index contributed by atoms with van der Waals surface area (Å²) in [6.45, 7) is 0.380. The van der Waals surface area contributed by atoms with Crippen LogP contribution in [0.3, 0.4) is 0 Å². The normalized spacial score (nSPS) is 10.3. The van der Waals surface area contributed by atoms with Crippen LogP contribution in [0, 0.1) is 0 Å². The largest absolute Gasteiger partial charge is 0.469 e. The monoisotopic (exact) mass is 288 g/mol. The zero-order chi connectivity index (χ0) is 15.4. The average Bonchev–Trinajstić information content (AvgIpc) is 2.82. The summed E-state index contributed by atoms with van der Waals surface area (Å²) in [7, 11) is 1.35. The van der Waals surface area contributed by atoms with Crippen LogP contribution in [0.5, 0.6) is 0 Å². The molecule has 0 aliphatic carbocycles.